The standard InChI is InChI=1S/C10H23N3O2S2/c1-8(2)7-12-17(14,15)13(9(3)4)6-5-10(11)16/h8-9,12H,5-7H2,1-4H3,(H2,11,16). The van der Waals surface area contributed by atoms with E-state index in [0.717, 1.165) is 0 Å². The van der Waals surface area contributed by atoms with Gasteiger partial charge in [-0.1, -0.05) is 26.1 Å². The molecule has 0 atom stereocenters. The van der Waals surface area contributed by atoms with Crippen LogP contribution < -0.4 is 10.5 Å². The summed E-state index contributed by atoms with van der Waals surface area (Å²) in [6.07, 6.45) is 0.399. The highest BCUT2D eigenvalue weighted by atomic mass is 32.2. The summed E-state index contributed by atoms with van der Waals surface area (Å²) in [7, 11) is -3.44. The molecule has 3 N–H and O–H groups in total. The van der Waals surface area contributed by atoms with Crippen LogP contribution in [0.25, 0.3) is 0 Å². The quantitative estimate of drug-likeness (QED) is 0.647. The first-order chi connectivity index (χ1) is 7.66. The lowest BCUT2D eigenvalue weighted by molar-refractivity contribution is 0.354. The van der Waals surface area contributed by atoms with Crippen molar-refractivity contribution in [2.75, 3.05) is 13.1 Å². The molecule has 0 aliphatic heterocycles. The number of nitrogens with two attached hydrogens (primary N) is 1. The number of thiocarbonyl (C=S) groups is 1. The smallest absolute Gasteiger partial charge is 0.279 e. The molecule has 0 amide bonds. The Labute approximate surface area is 110 Å². The van der Waals surface area contributed by atoms with Gasteiger partial charge in [0.15, 0.2) is 0 Å². The molecule has 5 nitrogen and oxygen atoms in total. The van der Waals surface area contributed by atoms with Crippen LogP contribution in [0.4, 0.5) is 0 Å². The molecule has 0 aliphatic carbocycles. The van der Waals surface area contributed by atoms with Crippen LogP contribution in [0.5, 0.6) is 0 Å². The molecule has 0 aliphatic rings. The van der Waals surface area contributed by atoms with Gasteiger partial charge in [-0.25, -0.2) is 4.72 Å². The number of rotatable bonds is 8. The van der Waals surface area contributed by atoms with Crippen molar-refractivity contribution in [3.05, 3.63) is 0 Å². The summed E-state index contributed by atoms with van der Waals surface area (Å²) >= 11 is 4.77. The van der Waals surface area contributed by atoms with Gasteiger partial charge in [-0.2, -0.15) is 12.7 Å². The van der Waals surface area contributed by atoms with Crippen molar-refractivity contribution in [3.63, 3.8) is 0 Å². The van der Waals surface area contributed by atoms with E-state index in [-0.39, 0.29) is 12.0 Å². The Bertz CT molecular complexity index is 339. The van der Waals surface area contributed by atoms with Crippen LogP contribution >= 0.6 is 12.2 Å². The highest BCUT2D eigenvalue weighted by molar-refractivity contribution is 7.87. The molecule has 0 aromatic carbocycles. The van der Waals surface area contributed by atoms with E-state index in [9.17, 15) is 8.42 Å². The molecule has 0 radical (unpaired) electrons. The van der Waals surface area contributed by atoms with Crippen LogP contribution in [0.1, 0.15) is 34.1 Å². The average Bonchev–Trinajstić information content (AvgIpc) is 2.13. The van der Waals surface area contributed by atoms with Crippen molar-refractivity contribution in [1.82, 2.24) is 9.03 Å². The topological polar surface area (TPSA) is 75.4 Å². The van der Waals surface area contributed by atoms with Gasteiger partial charge in [0, 0.05) is 25.6 Å². The zero-order valence-corrected chi connectivity index (χ0v) is 12.6. The highest BCUT2D eigenvalue weighted by Crippen LogP contribution is 2.07. The van der Waals surface area contributed by atoms with Crippen molar-refractivity contribution in [2.24, 2.45) is 11.7 Å². The van der Waals surface area contributed by atoms with E-state index < -0.39 is 10.2 Å². The van der Waals surface area contributed by atoms with Crippen LogP contribution in [-0.4, -0.2) is 36.8 Å². The summed E-state index contributed by atoms with van der Waals surface area (Å²) in [6, 6.07) is -0.117. The molecule has 0 spiro atoms. The van der Waals surface area contributed by atoms with Gasteiger partial charge in [-0.05, 0) is 19.8 Å². The Balaban J connectivity index is 4.62. The second-order valence-electron chi connectivity index (χ2n) is 4.67. The van der Waals surface area contributed by atoms with E-state index in [1.807, 2.05) is 27.7 Å². The van der Waals surface area contributed by atoms with Gasteiger partial charge in [0.2, 0.25) is 0 Å². The zero-order chi connectivity index (χ0) is 13.6. The van der Waals surface area contributed by atoms with E-state index in [4.69, 9.17) is 18.0 Å². The molecule has 0 aromatic rings. The van der Waals surface area contributed by atoms with Crippen LogP contribution in [0.2, 0.25) is 0 Å². The number of nitrogens with zero attached hydrogens (tertiary/aromatic N) is 1. The summed E-state index contributed by atoms with van der Waals surface area (Å²) < 4.78 is 28.0. The Hall–Kier alpha value is -0.240. The fourth-order valence-electron chi connectivity index (χ4n) is 1.23. The minimum Gasteiger partial charge on any atom is -0.393 e. The third-order valence-corrected chi connectivity index (χ3v) is 4.09. The SMILES string of the molecule is CC(C)CNS(=O)(=O)N(CCC(N)=S)C(C)C. The third-order valence-electron chi connectivity index (χ3n) is 2.14. The average molecular weight is 281 g/mol. The van der Waals surface area contributed by atoms with Gasteiger partial charge in [-0.3, -0.25) is 0 Å². The van der Waals surface area contributed by atoms with Crippen LogP contribution in [0, 0.1) is 5.92 Å². The molecule has 0 saturated carbocycles. The maximum atomic E-state index is 12.0. The predicted molar refractivity (Wildman–Crippen MR) is 75.0 cm³/mol. The lowest BCUT2D eigenvalue weighted by Gasteiger charge is -2.26. The second kappa shape index (κ2) is 7.25. The summed E-state index contributed by atoms with van der Waals surface area (Å²) in [5.74, 6) is 0.273. The van der Waals surface area contributed by atoms with Crippen molar-refractivity contribution < 1.29 is 8.42 Å². The minimum absolute atomic E-state index is 0.117. The summed E-state index contributed by atoms with van der Waals surface area (Å²) in [4.78, 5) is 0.328. The molecule has 102 valence electrons. The number of hydrogen-bond acceptors (Lipinski definition) is 3. The fourth-order valence-corrected chi connectivity index (χ4v) is 2.92. The maximum Gasteiger partial charge on any atom is 0.279 e. The largest absolute Gasteiger partial charge is 0.393 e. The zero-order valence-electron chi connectivity index (χ0n) is 10.9. The molecule has 0 saturated heterocycles. The fraction of sp³-hybridized carbons (Fsp3) is 0.900. The Kier molecular flexibility index (Phi) is 7.15. The lowest BCUT2D eigenvalue weighted by atomic mass is 10.2. The van der Waals surface area contributed by atoms with Crippen LogP contribution in [0.3, 0.4) is 0 Å². The number of nitrogens with one attached hydrogen (secondary N) is 1. The van der Waals surface area contributed by atoms with Crippen molar-refractivity contribution in [3.8, 4) is 0 Å². The first kappa shape index (κ1) is 16.8. The van der Waals surface area contributed by atoms with Gasteiger partial charge in [0.1, 0.15) is 0 Å². The summed E-state index contributed by atoms with van der Waals surface area (Å²) in [5, 5.41) is 0. The van der Waals surface area contributed by atoms with E-state index in [0.29, 0.717) is 24.5 Å². The molecule has 0 bridgehead atoms. The van der Waals surface area contributed by atoms with Gasteiger partial charge >= 0.3 is 0 Å². The van der Waals surface area contributed by atoms with Crippen molar-refractivity contribution in [2.45, 2.75) is 40.2 Å². The molecular weight excluding hydrogens is 258 g/mol. The molecule has 0 fully saturated rings. The van der Waals surface area contributed by atoms with Crippen LogP contribution in [-0.2, 0) is 10.2 Å². The highest BCUT2D eigenvalue weighted by Gasteiger charge is 2.24. The molecule has 7 heteroatoms. The minimum atomic E-state index is -3.44. The van der Waals surface area contributed by atoms with Crippen LogP contribution in [0.15, 0.2) is 0 Å². The van der Waals surface area contributed by atoms with E-state index in [1.54, 1.807) is 0 Å². The van der Waals surface area contributed by atoms with Gasteiger partial charge in [0.05, 0.1) is 4.99 Å². The molecule has 17 heavy (non-hydrogen) atoms. The van der Waals surface area contributed by atoms with E-state index in [1.165, 1.54) is 4.31 Å². The van der Waals surface area contributed by atoms with Gasteiger partial charge in [-0.15, -0.1) is 0 Å². The summed E-state index contributed by atoms with van der Waals surface area (Å²) in [5.41, 5.74) is 5.40. The molecule has 0 rings (SSSR count). The van der Waals surface area contributed by atoms with Crippen molar-refractivity contribution >= 4 is 27.4 Å². The molecule has 0 heterocycles. The normalized spacial score (nSPS) is 12.6. The first-order valence-electron chi connectivity index (χ1n) is 5.71. The van der Waals surface area contributed by atoms with Gasteiger partial charge in [0.25, 0.3) is 10.2 Å². The van der Waals surface area contributed by atoms with E-state index >= 15 is 0 Å². The number of hydrogen-bond donors (Lipinski definition) is 2. The monoisotopic (exact) mass is 281 g/mol. The summed E-state index contributed by atoms with van der Waals surface area (Å²) in [6.45, 7) is 8.32. The van der Waals surface area contributed by atoms with Crippen molar-refractivity contribution in [1.29, 1.82) is 0 Å². The second-order valence-corrected chi connectivity index (χ2v) is 6.90. The molecule has 0 aromatic heterocycles. The Morgan fingerprint density at radius 2 is 1.88 bits per heavy atom. The molecular formula is C10H23N3O2S2. The Morgan fingerprint density at radius 1 is 1.35 bits per heavy atom. The third kappa shape index (κ3) is 6.92. The van der Waals surface area contributed by atoms with Gasteiger partial charge < -0.3 is 5.73 Å². The first-order valence-corrected chi connectivity index (χ1v) is 7.56. The lowest BCUT2D eigenvalue weighted by Crippen LogP contribution is -2.46. The maximum absolute atomic E-state index is 12.0. The molecule has 0 unspecified atom stereocenters. The van der Waals surface area contributed by atoms with E-state index in [2.05, 4.69) is 4.72 Å². The Morgan fingerprint density at radius 3 is 2.24 bits per heavy atom. The predicted octanol–water partition coefficient (Wildman–Crippen LogP) is 0.863.